The quantitative estimate of drug-likeness (QED) is 0.602. The zero-order chi connectivity index (χ0) is 9.84. The summed E-state index contributed by atoms with van der Waals surface area (Å²) in [5.74, 6) is 0.663. The van der Waals surface area contributed by atoms with Crippen molar-refractivity contribution in [1.29, 1.82) is 0 Å². The van der Waals surface area contributed by atoms with Crippen LogP contribution in [0.3, 0.4) is 0 Å². The molecule has 70 valence electrons. The van der Waals surface area contributed by atoms with E-state index in [1.807, 2.05) is 12.1 Å². The van der Waals surface area contributed by atoms with Gasteiger partial charge in [0.05, 0.1) is 17.5 Å². The average Bonchev–Trinajstić information content (AvgIpc) is 2.16. The van der Waals surface area contributed by atoms with Gasteiger partial charge in [-0.2, -0.15) is 0 Å². The number of alkyl halides is 1. The van der Waals surface area contributed by atoms with E-state index in [4.69, 9.17) is 4.74 Å². The van der Waals surface area contributed by atoms with E-state index >= 15 is 0 Å². The van der Waals surface area contributed by atoms with Gasteiger partial charge in [0, 0.05) is 0 Å². The Kier molecular flexibility index (Phi) is 3.48. The molecule has 0 radical (unpaired) electrons. The molecule has 13 heavy (non-hydrogen) atoms. The molecule has 0 fully saturated rings. The van der Waals surface area contributed by atoms with Crippen molar-refractivity contribution in [3.05, 3.63) is 29.8 Å². The number of ether oxygens (including phenoxy) is 1. The van der Waals surface area contributed by atoms with Crippen LogP contribution in [0.4, 0.5) is 0 Å². The highest BCUT2D eigenvalue weighted by atomic mass is 79.9. The maximum Gasteiger partial charge on any atom is 0.179 e. The monoisotopic (exact) mass is 242 g/mol. The summed E-state index contributed by atoms with van der Waals surface area (Å²) >= 11 is 3.23. The lowest BCUT2D eigenvalue weighted by molar-refractivity contribution is 0.0993. The molecule has 0 bridgehead atoms. The van der Waals surface area contributed by atoms with E-state index < -0.39 is 0 Å². The summed E-state index contributed by atoms with van der Waals surface area (Å²) in [7, 11) is 1.56. The number of benzene rings is 1. The average molecular weight is 243 g/mol. The number of rotatable bonds is 3. The summed E-state index contributed by atoms with van der Waals surface area (Å²) in [6.07, 6.45) is 0. The number of para-hydroxylation sites is 1. The van der Waals surface area contributed by atoms with E-state index in [1.165, 1.54) is 0 Å². The number of carbonyl (C=O) groups is 1. The molecule has 0 saturated carbocycles. The number of ketones is 1. The third-order valence-electron chi connectivity index (χ3n) is 1.73. The van der Waals surface area contributed by atoms with Gasteiger partial charge in [0.15, 0.2) is 5.78 Å². The van der Waals surface area contributed by atoms with Crippen molar-refractivity contribution in [1.82, 2.24) is 0 Å². The van der Waals surface area contributed by atoms with Gasteiger partial charge in [-0.25, -0.2) is 0 Å². The van der Waals surface area contributed by atoms with Crippen LogP contribution in [0.15, 0.2) is 24.3 Å². The van der Waals surface area contributed by atoms with Crippen LogP contribution in [0, 0.1) is 0 Å². The highest BCUT2D eigenvalue weighted by molar-refractivity contribution is 9.10. The molecule has 0 aliphatic rings. The van der Waals surface area contributed by atoms with Gasteiger partial charge in [0.1, 0.15) is 5.75 Å². The number of carbonyl (C=O) groups excluding carboxylic acids is 1. The summed E-state index contributed by atoms with van der Waals surface area (Å²) in [6, 6.07) is 7.21. The normalized spacial score (nSPS) is 12.2. The van der Waals surface area contributed by atoms with Gasteiger partial charge in [0.25, 0.3) is 0 Å². The molecule has 1 atom stereocenters. The van der Waals surface area contributed by atoms with Crippen LogP contribution < -0.4 is 4.74 Å². The molecule has 3 heteroatoms. The van der Waals surface area contributed by atoms with Gasteiger partial charge >= 0.3 is 0 Å². The van der Waals surface area contributed by atoms with Crippen LogP contribution in [0.25, 0.3) is 0 Å². The number of halogens is 1. The van der Waals surface area contributed by atoms with Crippen molar-refractivity contribution in [2.75, 3.05) is 7.11 Å². The summed E-state index contributed by atoms with van der Waals surface area (Å²) in [4.78, 5) is 11.4. The van der Waals surface area contributed by atoms with E-state index in [0.717, 1.165) is 0 Å². The molecule has 0 unspecified atom stereocenters. The Morgan fingerprint density at radius 1 is 1.46 bits per heavy atom. The fraction of sp³-hybridized carbons (Fsp3) is 0.300. The van der Waals surface area contributed by atoms with E-state index in [0.29, 0.717) is 11.3 Å². The Bertz CT molecular complexity index is 308. The Morgan fingerprint density at radius 2 is 2.08 bits per heavy atom. The zero-order valence-corrected chi connectivity index (χ0v) is 9.17. The molecule has 0 aliphatic carbocycles. The molecule has 2 nitrogen and oxygen atoms in total. The third-order valence-corrected chi connectivity index (χ3v) is 2.15. The lowest BCUT2D eigenvalue weighted by Gasteiger charge is -2.07. The second-order valence-electron chi connectivity index (χ2n) is 2.68. The molecular weight excluding hydrogens is 232 g/mol. The maximum atomic E-state index is 11.6. The molecule has 0 N–H and O–H groups in total. The van der Waals surface area contributed by atoms with Crippen molar-refractivity contribution in [3.63, 3.8) is 0 Å². The Balaban J connectivity index is 3.06. The van der Waals surface area contributed by atoms with Gasteiger partial charge in [-0.3, -0.25) is 4.79 Å². The van der Waals surface area contributed by atoms with Crippen LogP contribution in [0.2, 0.25) is 0 Å². The van der Waals surface area contributed by atoms with Crippen LogP contribution >= 0.6 is 15.9 Å². The van der Waals surface area contributed by atoms with Gasteiger partial charge in [-0.1, -0.05) is 28.1 Å². The number of methoxy groups -OCH3 is 1. The van der Waals surface area contributed by atoms with E-state index in [1.54, 1.807) is 26.2 Å². The predicted molar refractivity (Wildman–Crippen MR) is 55.7 cm³/mol. The number of hydrogen-bond acceptors (Lipinski definition) is 2. The highest BCUT2D eigenvalue weighted by Gasteiger charge is 2.15. The minimum absolute atomic E-state index is 0.0393. The second kappa shape index (κ2) is 4.42. The number of hydrogen-bond donors (Lipinski definition) is 0. The predicted octanol–water partition coefficient (Wildman–Crippen LogP) is 2.66. The van der Waals surface area contributed by atoms with Crippen LogP contribution in [-0.4, -0.2) is 17.7 Å². The summed E-state index contributed by atoms with van der Waals surface area (Å²) < 4.78 is 5.07. The van der Waals surface area contributed by atoms with Crippen molar-refractivity contribution in [2.45, 2.75) is 11.8 Å². The van der Waals surface area contributed by atoms with Crippen molar-refractivity contribution in [3.8, 4) is 5.75 Å². The van der Waals surface area contributed by atoms with Gasteiger partial charge in [0.2, 0.25) is 0 Å². The standard InChI is InChI=1S/C10H11BrO2/c1-7(11)10(12)8-5-3-4-6-9(8)13-2/h3-7H,1-2H3/t7-/m0/s1. The minimum atomic E-state index is -0.177. The summed E-state index contributed by atoms with van der Waals surface area (Å²) in [5.41, 5.74) is 0.620. The molecule has 0 spiro atoms. The fourth-order valence-corrected chi connectivity index (χ4v) is 1.31. The van der Waals surface area contributed by atoms with E-state index in [-0.39, 0.29) is 10.6 Å². The lowest BCUT2D eigenvalue weighted by atomic mass is 10.1. The Labute approximate surface area is 86.0 Å². The Morgan fingerprint density at radius 3 is 2.62 bits per heavy atom. The molecule has 0 heterocycles. The fourth-order valence-electron chi connectivity index (χ4n) is 1.06. The smallest absolute Gasteiger partial charge is 0.179 e. The molecule has 0 aromatic heterocycles. The summed E-state index contributed by atoms with van der Waals surface area (Å²) in [6.45, 7) is 1.80. The largest absolute Gasteiger partial charge is 0.496 e. The lowest BCUT2D eigenvalue weighted by Crippen LogP contribution is -2.11. The van der Waals surface area contributed by atoms with Gasteiger partial charge < -0.3 is 4.74 Å². The van der Waals surface area contributed by atoms with E-state index in [9.17, 15) is 4.79 Å². The van der Waals surface area contributed by atoms with Crippen LogP contribution in [-0.2, 0) is 0 Å². The molecule has 1 rings (SSSR count). The first-order valence-electron chi connectivity index (χ1n) is 3.98. The van der Waals surface area contributed by atoms with Gasteiger partial charge in [-0.15, -0.1) is 0 Å². The first-order chi connectivity index (χ1) is 6.16. The molecule has 0 aliphatic heterocycles. The van der Waals surface area contributed by atoms with Crippen molar-refractivity contribution in [2.24, 2.45) is 0 Å². The van der Waals surface area contributed by atoms with Crippen LogP contribution in [0.1, 0.15) is 17.3 Å². The molecule has 0 saturated heterocycles. The molecule has 1 aromatic rings. The zero-order valence-electron chi connectivity index (χ0n) is 7.58. The molecule has 1 aromatic carbocycles. The second-order valence-corrected chi connectivity index (χ2v) is 4.05. The SMILES string of the molecule is COc1ccccc1C(=O)[C@H](C)Br. The first-order valence-corrected chi connectivity index (χ1v) is 4.89. The number of Topliss-reactive ketones (excluding diaryl/α,β-unsaturated/α-hetero) is 1. The molecule has 0 amide bonds. The summed E-state index contributed by atoms with van der Waals surface area (Å²) in [5, 5.41) is 0. The maximum absolute atomic E-state index is 11.6. The topological polar surface area (TPSA) is 26.3 Å². The van der Waals surface area contributed by atoms with Gasteiger partial charge in [-0.05, 0) is 19.1 Å². The Hall–Kier alpha value is -0.830. The van der Waals surface area contributed by atoms with Crippen LogP contribution in [0.5, 0.6) is 5.75 Å². The third kappa shape index (κ3) is 2.31. The van der Waals surface area contributed by atoms with E-state index in [2.05, 4.69) is 15.9 Å². The first kappa shape index (κ1) is 10.3. The highest BCUT2D eigenvalue weighted by Crippen LogP contribution is 2.20. The minimum Gasteiger partial charge on any atom is -0.496 e. The van der Waals surface area contributed by atoms with Crippen molar-refractivity contribution >= 4 is 21.7 Å². The molecular formula is C10H11BrO2. The van der Waals surface area contributed by atoms with Crippen molar-refractivity contribution < 1.29 is 9.53 Å².